The third-order valence-corrected chi connectivity index (χ3v) is 1.01. The van der Waals surface area contributed by atoms with Crippen molar-refractivity contribution >= 4 is 0 Å². The van der Waals surface area contributed by atoms with E-state index in [-0.39, 0.29) is 11.7 Å². The van der Waals surface area contributed by atoms with Crippen molar-refractivity contribution in [2.45, 2.75) is 13.8 Å². The van der Waals surface area contributed by atoms with E-state index in [9.17, 15) is 0 Å². The Morgan fingerprint density at radius 3 is 2.38 bits per heavy atom. The van der Waals surface area contributed by atoms with Gasteiger partial charge in [0.05, 0.1) is 5.76 Å². The summed E-state index contributed by atoms with van der Waals surface area (Å²) < 4.78 is 0. The summed E-state index contributed by atoms with van der Waals surface area (Å²) in [7, 11) is 0. The molecule has 0 aliphatic heterocycles. The van der Waals surface area contributed by atoms with Crippen LogP contribution in [0.3, 0.4) is 0 Å². The molecule has 0 aromatic rings. The zero-order chi connectivity index (χ0) is 6.57. The first kappa shape index (κ1) is 7.28. The molecule has 1 N–H and O–H groups in total. The third kappa shape index (κ3) is 2.45. The number of rotatable bonds is 2. The number of hydrogen-bond donors (Lipinski definition) is 1. The molecule has 0 aromatic carbocycles. The van der Waals surface area contributed by atoms with Crippen LogP contribution in [-0.2, 0) is 0 Å². The number of aliphatic hydroxyl groups is 1. The van der Waals surface area contributed by atoms with Crippen LogP contribution in [0.2, 0.25) is 0 Å². The summed E-state index contributed by atoms with van der Waals surface area (Å²) in [4.78, 5) is 0. The molecular weight excluding hydrogens is 100 g/mol. The van der Waals surface area contributed by atoms with Crippen molar-refractivity contribution in [1.82, 2.24) is 0 Å². The molecule has 8 heavy (non-hydrogen) atoms. The van der Waals surface area contributed by atoms with Crippen LogP contribution in [0.5, 0.6) is 0 Å². The Morgan fingerprint density at radius 1 is 1.75 bits per heavy atom. The molecule has 0 heterocycles. The normalized spacial score (nSPS) is 14.2. The second-order valence-electron chi connectivity index (χ2n) is 1.81. The van der Waals surface area contributed by atoms with Crippen molar-refractivity contribution in [3.8, 4) is 0 Å². The van der Waals surface area contributed by atoms with Crippen LogP contribution in [0.25, 0.3) is 0 Å². The van der Waals surface area contributed by atoms with Gasteiger partial charge in [-0.25, -0.2) is 0 Å². The molecule has 0 bridgehead atoms. The minimum atomic E-state index is 0.0972. The van der Waals surface area contributed by atoms with Crippen LogP contribution in [0, 0.1) is 5.92 Å². The fourth-order valence-corrected chi connectivity index (χ4v) is 0.400. The molecule has 1 unspecified atom stereocenters. The maximum absolute atomic E-state index is 8.71. The number of hydrogen-bond acceptors (Lipinski definition) is 1. The highest BCUT2D eigenvalue weighted by atomic mass is 16.3. The topological polar surface area (TPSA) is 20.2 Å². The fraction of sp³-hybridized carbons (Fsp3) is 0.429. The molecule has 0 aliphatic carbocycles. The van der Waals surface area contributed by atoms with Crippen molar-refractivity contribution in [3.05, 3.63) is 24.5 Å². The molecule has 0 aromatic heterocycles. The number of allylic oxidation sites excluding steroid dienone is 2. The van der Waals surface area contributed by atoms with Crippen LogP contribution < -0.4 is 0 Å². The average Bonchev–Trinajstić information content (AvgIpc) is 1.67. The predicted molar refractivity (Wildman–Crippen MR) is 35.7 cm³/mol. The Morgan fingerprint density at radius 2 is 2.25 bits per heavy atom. The molecule has 46 valence electrons. The van der Waals surface area contributed by atoms with E-state index in [1.807, 2.05) is 26.0 Å². The highest BCUT2D eigenvalue weighted by molar-refractivity contribution is 4.98. The van der Waals surface area contributed by atoms with Gasteiger partial charge in [0.1, 0.15) is 0 Å². The Bertz CT molecular complexity index is 103. The van der Waals surface area contributed by atoms with E-state index in [1.165, 1.54) is 0 Å². The van der Waals surface area contributed by atoms with Gasteiger partial charge in [-0.05, 0) is 6.92 Å². The van der Waals surface area contributed by atoms with Gasteiger partial charge in [0.25, 0.3) is 0 Å². The lowest BCUT2D eigenvalue weighted by Crippen LogP contribution is -1.90. The second kappa shape index (κ2) is 3.30. The van der Waals surface area contributed by atoms with Crippen molar-refractivity contribution in [2.75, 3.05) is 0 Å². The fourth-order valence-electron chi connectivity index (χ4n) is 0.400. The molecule has 0 saturated carbocycles. The predicted octanol–water partition coefficient (Wildman–Crippen LogP) is 2.27. The molecule has 1 atom stereocenters. The molecule has 0 saturated heterocycles. The van der Waals surface area contributed by atoms with E-state index in [4.69, 9.17) is 5.11 Å². The molecule has 0 radical (unpaired) electrons. The zero-order valence-corrected chi connectivity index (χ0v) is 5.39. The number of aliphatic hydroxyl groups excluding tert-OH is 1. The Kier molecular flexibility index (Phi) is 3.01. The van der Waals surface area contributed by atoms with Crippen LogP contribution >= 0.6 is 0 Å². The zero-order valence-electron chi connectivity index (χ0n) is 5.39. The molecule has 1 heteroatoms. The van der Waals surface area contributed by atoms with Crippen LogP contribution in [-0.4, -0.2) is 5.11 Å². The smallest absolute Gasteiger partial charge is 0.0916 e. The van der Waals surface area contributed by atoms with Gasteiger partial charge in [0.2, 0.25) is 0 Å². The van der Waals surface area contributed by atoms with Gasteiger partial charge in [-0.3, -0.25) is 0 Å². The van der Waals surface area contributed by atoms with Gasteiger partial charge in [0.15, 0.2) is 0 Å². The summed E-state index contributed by atoms with van der Waals surface area (Å²) in [6, 6.07) is 0. The van der Waals surface area contributed by atoms with Crippen molar-refractivity contribution in [1.29, 1.82) is 0 Å². The third-order valence-electron chi connectivity index (χ3n) is 1.01. The van der Waals surface area contributed by atoms with Gasteiger partial charge < -0.3 is 5.11 Å². The van der Waals surface area contributed by atoms with E-state index in [1.54, 1.807) is 0 Å². The summed E-state index contributed by atoms with van der Waals surface area (Å²) in [6.45, 7) is 7.19. The summed E-state index contributed by atoms with van der Waals surface area (Å²) in [5.74, 6) is 0.322. The van der Waals surface area contributed by atoms with E-state index in [0.29, 0.717) is 0 Å². The summed E-state index contributed by atoms with van der Waals surface area (Å²) in [5, 5.41) is 8.71. The molecule has 0 fully saturated rings. The maximum atomic E-state index is 8.71. The van der Waals surface area contributed by atoms with Crippen molar-refractivity contribution in [2.24, 2.45) is 5.92 Å². The standard InChI is InChI=1S/C7H12O/c1-4-5-6(2)7(3)8/h4-6,8H,3H2,1-2H3/b5-4-. The minimum Gasteiger partial charge on any atom is -0.512 e. The molecule has 0 aliphatic rings. The molecule has 0 amide bonds. The first-order valence-corrected chi connectivity index (χ1v) is 2.69. The lowest BCUT2D eigenvalue weighted by atomic mass is 10.1. The minimum absolute atomic E-state index is 0.0972. The lowest BCUT2D eigenvalue weighted by molar-refractivity contribution is 0.368. The molecule has 1 nitrogen and oxygen atoms in total. The Balaban J connectivity index is 3.64. The molecular formula is C7H12O. The van der Waals surface area contributed by atoms with E-state index in [2.05, 4.69) is 6.58 Å². The van der Waals surface area contributed by atoms with Gasteiger partial charge in [-0.1, -0.05) is 25.7 Å². The Hall–Kier alpha value is -0.720. The highest BCUT2D eigenvalue weighted by Gasteiger charge is 1.95. The van der Waals surface area contributed by atoms with E-state index >= 15 is 0 Å². The second-order valence-corrected chi connectivity index (χ2v) is 1.81. The summed E-state index contributed by atoms with van der Waals surface area (Å²) >= 11 is 0. The highest BCUT2D eigenvalue weighted by Crippen LogP contribution is 2.04. The van der Waals surface area contributed by atoms with Gasteiger partial charge in [0, 0.05) is 5.92 Å². The first-order valence-electron chi connectivity index (χ1n) is 2.69. The van der Waals surface area contributed by atoms with Crippen molar-refractivity contribution in [3.63, 3.8) is 0 Å². The van der Waals surface area contributed by atoms with E-state index in [0.717, 1.165) is 0 Å². The van der Waals surface area contributed by atoms with E-state index < -0.39 is 0 Å². The van der Waals surface area contributed by atoms with Crippen LogP contribution in [0.4, 0.5) is 0 Å². The maximum Gasteiger partial charge on any atom is 0.0916 e. The van der Waals surface area contributed by atoms with Crippen LogP contribution in [0.15, 0.2) is 24.5 Å². The summed E-state index contributed by atoms with van der Waals surface area (Å²) in [6.07, 6.45) is 3.79. The SMILES string of the molecule is C=C(O)C(C)/C=C\C. The van der Waals surface area contributed by atoms with Gasteiger partial charge >= 0.3 is 0 Å². The lowest BCUT2D eigenvalue weighted by Gasteiger charge is -1.99. The Labute approximate surface area is 50.3 Å². The molecule has 0 rings (SSSR count). The van der Waals surface area contributed by atoms with Crippen LogP contribution in [0.1, 0.15) is 13.8 Å². The van der Waals surface area contributed by atoms with Gasteiger partial charge in [-0.15, -0.1) is 0 Å². The van der Waals surface area contributed by atoms with Crippen molar-refractivity contribution < 1.29 is 5.11 Å². The largest absolute Gasteiger partial charge is 0.512 e. The summed E-state index contributed by atoms with van der Waals surface area (Å²) in [5.41, 5.74) is 0. The monoisotopic (exact) mass is 112 g/mol. The quantitative estimate of drug-likeness (QED) is 0.429. The van der Waals surface area contributed by atoms with Gasteiger partial charge in [-0.2, -0.15) is 0 Å². The average molecular weight is 112 g/mol. The molecule has 0 spiro atoms. The first-order chi connectivity index (χ1) is 3.68.